The predicted molar refractivity (Wildman–Crippen MR) is 68.5 cm³/mol. The molecule has 0 aliphatic rings. The van der Waals surface area contributed by atoms with Crippen molar-refractivity contribution < 1.29 is 9.84 Å². The number of pyridine rings is 1. The minimum absolute atomic E-state index is 0.247. The Bertz CT molecular complexity index is 429. The van der Waals surface area contributed by atoms with E-state index in [4.69, 9.17) is 15.6 Å². The first kappa shape index (κ1) is 12.8. The third-order valence-corrected chi connectivity index (χ3v) is 2.02. The molecule has 0 bridgehead atoms. The van der Waals surface area contributed by atoms with Crippen LogP contribution in [-0.2, 0) is 0 Å². The molecule has 0 aliphatic heterocycles. The summed E-state index contributed by atoms with van der Waals surface area (Å²) >= 11 is 0. The van der Waals surface area contributed by atoms with Gasteiger partial charge in [-0.3, -0.25) is 0 Å². The predicted octanol–water partition coefficient (Wildman–Crippen LogP) is 2.41. The Balaban J connectivity index is 2.93. The second kappa shape index (κ2) is 6.37. The first-order valence-electron chi connectivity index (χ1n) is 5.25. The molecule has 0 spiro atoms. The van der Waals surface area contributed by atoms with Crippen molar-refractivity contribution >= 4 is 5.57 Å². The Hall–Kier alpha value is -2.23. The van der Waals surface area contributed by atoms with Crippen molar-refractivity contribution in [2.45, 2.75) is 6.92 Å². The van der Waals surface area contributed by atoms with Crippen LogP contribution in [0.5, 0.6) is 5.88 Å². The SMILES string of the molecule is C=C/C(=C\C=C(/N)O)c1ccc(OCC)nc1. The normalized spacial score (nSPS) is 12.3. The zero-order valence-electron chi connectivity index (χ0n) is 9.76. The van der Waals surface area contributed by atoms with E-state index in [1.807, 2.05) is 13.0 Å². The number of aliphatic hydroxyl groups excluding tert-OH is 1. The first-order chi connectivity index (χ1) is 8.17. The number of aromatic nitrogens is 1. The summed E-state index contributed by atoms with van der Waals surface area (Å²) in [5.74, 6) is 0.333. The lowest BCUT2D eigenvalue weighted by Gasteiger charge is -2.04. The van der Waals surface area contributed by atoms with Crippen LogP contribution in [0.15, 0.2) is 49.0 Å². The average molecular weight is 232 g/mol. The molecular formula is C13H16N2O2. The molecule has 90 valence electrons. The van der Waals surface area contributed by atoms with Crippen LogP contribution in [0.4, 0.5) is 0 Å². The Morgan fingerprint density at radius 3 is 2.76 bits per heavy atom. The Labute approximate surface area is 101 Å². The zero-order valence-corrected chi connectivity index (χ0v) is 9.76. The smallest absolute Gasteiger partial charge is 0.213 e. The van der Waals surface area contributed by atoms with Crippen LogP contribution in [0.3, 0.4) is 0 Å². The Morgan fingerprint density at radius 1 is 1.53 bits per heavy atom. The van der Waals surface area contributed by atoms with Gasteiger partial charge in [0.05, 0.1) is 6.61 Å². The van der Waals surface area contributed by atoms with Gasteiger partial charge in [0, 0.05) is 17.8 Å². The average Bonchev–Trinajstić information content (AvgIpc) is 2.32. The lowest BCUT2D eigenvalue weighted by atomic mass is 10.1. The number of rotatable bonds is 5. The van der Waals surface area contributed by atoms with Crippen LogP contribution >= 0.6 is 0 Å². The maximum atomic E-state index is 8.88. The number of hydrogen-bond donors (Lipinski definition) is 2. The van der Waals surface area contributed by atoms with E-state index in [1.54, 1.807) is 24.4 Å². The van der Waals surface area contributed by atoms with Gasteiger partial charge in [-0.05, 0) is 30.7 Å². The maximum absolute atomic E-state index is 8.88. The Kier molecular flexibility index (Phi) is 4.81. The zero-order chi connectivity index (χ0) is 12.7. The third kappa shape index (κ3) is 4.03. The highest BCUT2D eigenvalue weighted by Gasteiger charge is 1.99. The molecule has 0 amide bonds. The molecule has 0 aliphatic carbocycles. The minimum Gasteiger partial charge on any atom is -0.495 e. The van der Waals surface area contributed by atoms with E-state index >= 15 is 0 Å². The molecule has 0 unspecified atom stereocenters. The second-order valence-electron chi connectivity index (χ2n) is 3.24. The minimum atomic E-state index is -0.247. The van der Waals surface area contributed by atoms with Crippen molar-refractivity contribution in [3.8, 4) is 5.88 Å². The lowest BCUT2D eigenvalue weighted by molar-refractivity contribution is 0.327. The molecule has 4 nitrogen and oxygen atoms in total. The molecule has 17 heavy (non-hydrogen) atoms. The molecule has 0 atom stereocenters. The molecule has 0 radical (unpaired) electrons. The van der Waals surface area contributed by atoms with Gasteiger partial charge in [0.25, 0.3) is 0 Å². The van der Waals surface area contributed by atoms with E-state index in [1.165, 1.54) is 6.08 Å². The fourth-order valence-corrected chi connectivity index (χ4v) is 1.24. The van der Waals surface area contributed by atoms with Crippen LogP contribution in [0.1, 0.15) is 12.5 Å². The maximum Gasteiger partial charge on any atom is 0.213 e. The summed E-state index contributed by atoms with van der Waals surface area (Å²) < 4.78 is 5.24. The highest BCUT2D eigenvalue weighted by Crippen LogP contribution is 2.17. The monoisotopic (exact) mass is 232 g/mol. The number of ether oxygens (including phenoxy) is 1. The van der Waals surface area contributed by atoms with E-state index in [9.17, 15) is 0 Å². The largest absolute Gasteiger partial charge is 0.495 e. The van der Waals surface area contributed by atoms with Crippen molar-refractivity contribution in [1.82, 2.24) is 4.98 Å². The highest BCUT2D eigenvalue weighted by atomic mass is 16.5. The van der Waals surface area contributed by atoms with Crippen molar-refractivity contribution in [2.75, 3.05) is 6.61 Å². The summed E-state index contributed by atoms with van der Waals surface area (Å²) in [7, 11) is 0. The van der Waals surface area contributed by atoms with Gasteiger partial charge in [-0.15, -0.1) is 0 Å². The first-order valence-corrected chi connectivity index (χ1v) is 5.25. The molecule has 3 N–H and O–H groups in total. The van der Waals surface area contributed by atoms with Gasteiger partial charge in [-0.1, -0.05) is 12.7 Å². The van der Waals surface area contributed by atoms with E-state index in [2.05, 4.69) is 11.6 Å². The fraction of sp³-hybridized carbons (Fsp3) is 0.154. The molecule has 4 heteroatoms. The second-order valence-corrected chi connectivity index (χ2v) is 3.24. The molecule has 0 aromatic carbocycles. The highest BCUT2D eigenvalue weighted by molar-refractivity contribution is 5.74. The van der Waals surface area contributed by atoms with Gasteiger partial charge in [-0.25, -0.2) is 4.98 Å². The number of aliphatic hydroxyl groups is 1. The lowest BCUT2D eigenvalue weighted by Crippen LogP contribution is -1.95. The van der Waals surface area contributed by atoms with Crippen LogP contribution in [0.2, 0.25) is 0 Å². The summed E-state index contributed by atoms with van der Waals surface area (Å²) in [6.07, 6.45) is 6.41. The van der Waals surface area contributed by atoms with Crippen molar-refractivity contribution in [1.29, 1.82) is 0 Å². The van der Waals surface area contributed by atoms with Gasteiger partial charge < -0.3 is 15.6 Å². The topological polar surface area (TPSA) is 68.4 Å². The standard InChI is InChI=1S/C13H16N2O2/c1-3-10(5-7-12(14)16)11-6-8-13(15-9-11)17-4-2/h3,5-9,16H,1,4,14H2,2H3/b10-5+,12-7+. The van der Waals surface area contributed by atoms with Gasteiger partial charge in [0.15, 0.2) is 5.88 Å². The van der Waals surface area contributed by atoms with Crippen LogP contribution < -0.4 is 10.5 Å². The summed E-state index contributed by atoms with van der Waals surface area (Å²) in [5.41, 5.74) is 6.83. The number of nitrogens with zero attached hydrogens (tertiary/aromatic N) is 1. The van der Waals surface area contributed by atoms with Crippen molar-refractivity contribution in [3.05, 3.63) is 54.6 Å². The molecule has 1 aromatic heterocycles. The third-order valence-electron chi connectivity index (χ3n) is 2.02. The molecule has 1 aromatic rings. The summed E-state index contributed by atoms with van der Waals surface area (Å²) in [4.78, 5) is 4.14. The van der Waals surface area contributed by atoms with Gasteiger partial charge in [0.1, 0.15) is 0 Å². The number of nitrogens with two attached hydrogens (primary N) is 1. The van der Waals surface area contributed by atoms with Crippen LogP contribution in [0.25, 0.3) is 5.57 Å². The molecule has 1 rings (SSSR count). The molecular weight excluding hydrogens is 216 g/mol. The van der Waals surface area contributed by atoms with Crippen molar-refractivity contribution in [3.63, 3.8) is 0 Å². The Morgan fingerprint density at radius 2 is 2.29 bits per heavy atom. The molecule has 1 heterocycles. The molecule has 0 saturated heterocycles. The van der Waals surface area contributed by atoms with Gasteiger partial charge in [-0.2, -0.15) is 0 Å². The molecule has 0 fully saturated rings. The van der Waals surface area contributed by atoms with E-state index < -0.39 is 0 Å². The van der Waals surface area contributed by atoms with E-state index in [0.717, 1.165) is 11.1 Å². The number of allylic oxidation sites excluding steroid dienone is 4. The van der Waals surface area contributed by atoms with E-state index in [0.29, 0.717) is 12.5 Å². The quantitative estimate of drug-likeness (QED) is 0.604. The van der Waals surface area contributed by atoms with Gasteiger partial charge in [0.2, 0.25) is 5.88 Å². The van der Waals surface area contributed by atoms with Crippen LogP contribution in [-0.4, -0.2) is 16.7 Å². The summed E-state index contributed by atoms with van der Waals surface area (Å²) in [6.45, 7) is 6.18. The number of hydrogen-bond acceptors (Lipinski definition) is 4. The van der Waals surface area contributed by atoms with E-state index in [-0.39, 0.29) is 5.88 Å². The molecule has 0 saturated carbocycles. The fourth-order valence-electron chi connectivity index (χ4n) is 1.24. The summed E-state index contributed by atoms with van der Waals surface area (Å²) in [5, 5.41) is 8.88. The summed E-state index contributed by atoms with van der Waals surface area (Å²) in [6, 6.07) is 3.65. The van der Waals surface area contributed by atoms with Crippen LogP contribution in [0, 0.1) is 0 Å². The van der Waals surface area contributed by atoms with Gasteiger partial charge >= 0.3 is 0 Å². The van der Waals surface area contributed by atoms with Crippen molar-refractivity contribution in [2.24, 2.45) is 5.73 Å².